The van der Waals surface area contributed by atoms with Crippen molar-refractivity contribution in [2.24, 2.45) is 0 Å². The summed E-state index contributed by atoms with van der Waals surface area (Å²) in [4.78, 5) is 2.46. The second-order valence-corrected chi connectivity index (χ2v) is 6.97. The third kappa shape index (κ3) is 3.88. The zero-order valence-electron chi connectivity index (χ0n) is 16.0. The van der Waals surface area contributed by atoms with E-state index in [0.717, 1.165) is 5.70 Å². The molecule has 2 nitrogen and oxygen atoms in total. The average molecular weight is 376 g/mol. The van der Waals surface area contributed by atoms with Crippen molar-refractivity contribution in [2.75, 3.05) is 13.1 Å². The first-order valence-corrected chi connectivity index (χ1v) is 8.95. The van der Waals surface area contributed by atoms with Crippen molar-refractivity contribution >= 4 is 0 Å². The van der Waals surface area contributed by atoms with Crippen LogP contribution in [0, 0.1) is 5.92 Å². The number of hydrogen-bond acceptors (Lipinski definition) is 1. The summed E-state index contributed by atoms with van der Waals surface area (Å²) in [6, 6.07) is 0. The van der Waals surface area contributed by atoms with Crippen LogP contribution in [0.25, 0.3) is 0 Å². The summed E-state index contributed by atoms with van der Waals surface area (Å²) in [6.07, 6.45) is 13.0. The maximum Gasteiger partial charge on any atom is 0.0722 e. The van der Waals surface area contributed by atoms with Crippen molar-refractivity contribution in [2.45, 2.75) is 47.5 Å². The average Bonchev–Trinajstić information content (AvgIpc) is 3.32. The molecule has 134 valence electrons. The summed E-state index contributed by atoms with van der Waals surface area (Å²) in [6.45, 7) is 13.4. The van der Waals surface area contributed by atoms with Crippen molar-refractivity contribution < 1.29 is 17.1 Å². The van der Waals surface area contributed by atoms with E-state index in [9.17, 15) is 0 Å². The minimum absolute atomic E-state index is 0. The third-order valence-corrected chi connectivity index (χ3v) is 5.77. The Morgan fingerprint density at radius 2 is 1.44 bits per heavy atom. The van der Waals surface area contributed by atoms with Crippen LogP contribution in [0.4, 0.5) is 0 Å². The number of fused-ring (bicyclic) bond motifs is 1. The largest absolute Gasteiger partial charge is 0.371 e. The van der Waals surface area contributed by atoms with Gasteiger partial charge in [-0.1, -0.05) is 30.2 Å². The molecule has 0 saturated carbocycles. The van der Waals surface area contributed by atoms with Gasteiger partial charge in [0.1, 0.15) is 0 Å². The fourth-order valence-corrected chi connectivity index (χ4v) is 3.66. The number of nitrogens with zero attached hydrogens (tertiary/aromatic N) is 2. The summed E-state index contributed by atoms with van der Waals surface area (Å²) in [7, 11) is 0. The van der Waals surface area contributed by atoms with E-state index in [1.807, 2.05) is 6.20 Å². The summed E-state index contributed by atoms with van der Waals surface area (Å²) >= 11 is 0. The molecule has 25 heavy (non-hydrogen) atoms. The Morgan fingerprint density at radius 3 is 1.96 bits per heavy atom. The fraction of sp³-hybridized carbons (Fsp3) is 0.409. The van der Waals surface area contributed by atoms with E-state index in [1.165, 1.54) is 65.4 Å². The molecule has 0 spiro atoms. The van der Waals surface area contributed by atoms with Crippen molar-refractivity contribution in [3.63, 3.8) is 0 Å². The molecule has 0 aromatic carbocycles. The molecule has 0 N–H and O–H groups in total. The van der Waals surface area contributed by atoms with Gasteiger partial charge in [0.25, 0.3) is 0 Å². The van der Waals surface area contributed by atoms with Gasteiger partial charge in [-0.25, -0.2) is 0 Å². The van der Waals surface area contributed by atoms with Gasteiger partial charge in [0.15, 0.2) is 0 Å². The van der Waals surface area contributed by atoms with Gasteiger partial charge in [-0.05, 0) is 63.8 Å². The first kappa shape index (κ1) is 19.9. The Morgan fingerprint density at radius 1 is 0.840 bits per heavy atom. The molecule has 2 radical (unpaired) electrons. The molecule has 2 heterocycles. The number of rotatable bonds is 1. The fourth-order valence-electron chi connectivity index (χ4n) is 3.66. The van der Waals surface area contributed by atoms with Gasteiger partial charge in [0, 0.05) is 53.5 Å². The Labute approximate surface area is 163 Å². The maximum atomic E-state index is 4.35. The van der Waals surface area contributed by atoms with Crippen LogP contribution in [-0.4, -0.2) is 18.0 Å². The quantitative estimate of drug-likeness (QED) is 0.576. The van der Waals surface area contributed by atoms with Crippen molar-refractivity contribution in [3.8, 4) is 0 Å². The third-order valence-electron chi connectivity index (χ3n) is 5.77. The van der Waals surface area contributed by atoms with Crippen LogP contribution < -0.4 is 5.32 Å². The van der Waals surface area contributed by atoms with Crippen LogP contribution in [0.3, 0.4) is 0 Å². The molecule has 1 fully saturated rings. The van der Waals surface area contributed by atoms with Crippen LogP contribution in [-0.2, 0) is 17.1 Å². The maximum absolute atomic E-state index is 4.35. The topological polar surface area (TPSA) is 17.3 Å². The zero-order valence-corrected chi connectivity index (χ0v) is 17.1. The zero-order chi connectivity index (χ0) is 17.3. The summed E-state index contributed by atoms with van der Waals surface area (Å²) < 4.78 is 0. The van der Waals surface area contributed by atoms with Gasteiger partial charge < -0.3 is 4.90 Å². The SMILES string of the molecule is C1=CC2=C(N3CCCC3)C=C[N]C2=C1.C[C]1C(C)=C(C)C(C)=C1C.[Fe]. The Hall–Kier alpha value is -1.44. The smallest absolute Gasteiger partial charge is 0.0722 e. The van der Waals surface area contributed by atoms with Crippen LogP contribution in [0.15, 0.2) is 69.8 Å². The van der Waals surface area contributed by atoms with Gasteiger partial charge in [-0.3, -0.25) is 5.32 Å². The van der Waals surface area contributed by atoms with Gasteiger partial charge in [-0.15, -0.1) is 0 Å². The van der Waals surface area contributed by atoms with E-state index in [2.05, 4.69) is 69.1 Å². The molecule has 0 amide bonds. The van der Waals surface area contributed by atoms with E-state index in [0.29, 0.717) is 0 Å². The van der Waals surface area contributed by atoms with Crippen molar-refractivity contribution in [3.05, 3.63) is 75.7 Å². The van der Waals surface area contributed by atoms with E-state index < -0.39 is 0 Å². The van der Waals surface area contributed by atoms with Crippen LogP contribution >= 0.6 is 0 Å². The van der Waals surface area contributed by atoms with Crippen LogP contribution in [0.2, 0.25) is 0 Å². The van der Waals surface area contributed by atoms with E-state index in [1.54, 1.807) is 0 Å². The molecule has 3 heteroatoms. The summed E-state index contributed by atoms with van der Waals surface area (Å²) in [5.74, 6) is 1.47. The van der Waals surface area contributed by atoms with Gasteiger partial charge >= 0.3 is 0 Å². The Kier molecular flexibility index (Phi) is 6.59. The van der Waals surface area contributed by atoms with E-state index in [4.69, 9.17) is 0 Å². The molecule has 0 aromatic heterocycles. The first-order valence-electron chi connectivity index (χ1n) is 8.95. The molecule has 4 rings (SSSR count). The molecular weight excluding hydrogens is 348 g/mol. The van der Waals surface area contributed by atoms with E-state index in [-0.39, 0.29) is 17.1 Å². The predicted molar refractivity (Wildman–Crippen MR) is 102 cm³/mol. The monoisotopic (exact) mass is 376 g/mol. The van der Waals surface area contributed by atoms with Crippen molar-refractivity contribution in [1.82, 2.24) is 10.2 Å². The number of allylic oxidation sites excluding steroid dienone is 8. The minimum Gasteiger partial charge on any atom is -0.371 e. The number of likely N-dealkylation sites (tertiary alicyclic amines) is 1. The predicted octanol–water partition coefficient (Wildman–Crippen LogP) is 5.19. The van der Waals surface area contributed by atoms with Crippen LogP contribution in [0.5, 0.6) is 0 Å². The molecule has 0 atom stereocenters. The molecule has 2 aliphatic carbocycles. The molecule has 0 bridgehead atoms. The van der Waals surface area contributed by atoms with Gasteiger partial charge in [-0.2, -0.15) is 0 Å². The second-order valence-electron chi connectivity index (χ2n) is 6.97. The molecule has 1 saturated heterocycles. The summed E-state index contributed by atoms with van der Waals surface area (Å²) in [5, 5.41) is 4.35. The van der Waals surface area contributed by atoms with Gasteiger partial charge in [0.05, 0.1) is 5.70 Å². The number of hydrogen-bond donors (Lipinski definition) is 0. The standard InChI is InChI=1S/C12H13N2.C10H15.Fe/c1-2-9-14(8-1)12-6-7-13-11-5-3-4-10(11)12;1-6-7(2)9(4)10(5)8(6)3;/h3-7H,1-2,8-9H2;1-5H3;. The van der Waals surface area contributed by atoms with Crippen molar-refractivity contribution in [1.29, 1.82) is 0 Å². The Bertz CT molecular complexity index is 686. The molecule has 0 unspecified atom stereocenters. The normalized spacial score (nSPS) is 22.0. The van der Waals surface area contributed by atoms with Gasteiger partial charge in [0.2, 0.25) is 0 Å². The van der Waals surface area contributed by atoms with E-state index >= 15 is 0 Å². The molecule has 0 aromatic rings. The van der Waals surface area contributed by atoms with Crippen LogP contribution in [0.1, 0.15) is 47.5 Å². The molecule has 2 aliphatic heterocycles. The molecule has 4 aliphatic rings. The minimum atomic E-state index is 0. The Balaban J connectivity index is 0.000000184. The first-order chi connectivity index (χ1) is 11.5. The molecular formula is C22H28FeN2. The summed E-state index contributed by atoms with van der Waals surface area (Å²) in [5.41, 5.74) is 9.65. The second kappa shape index (κ2) is 8.29.